The van der Waals surface area contributed by atoms with Gasteiger partial charge >= 0.3 is 0 Å². The van der Waals surface area contributed by atoms with Gasteiger partial charge in [-0.1, -0.05) is 0 Å². The Hall–Kier alpha value is -2.17. The lowest BCUT2D eigenvalue weighted by Gasteiger charge is -2.15. The van der Waals surface area contributed by atoms with Crippen molar-refractivity contribution in [1.82, 2.24) is 9.78 Å². The van der Waals surface area contributed by atoms with Crippen molar-refractivity contribution in [2.75, 3.05) is 19.5 Å². The molecule has 108 valence electrons. The minimum atomic E-state index is 0.174. The lowest BCUT2D eigenvalue weighted by Crippen LogP contribution is -2.06. The minimum absolute atomic E-state index is 0.174. The molecule has 0 saturated heterocycles. The number of nitrogens with one attached hydrogen (secondary N) is 1. The first-order chi connectivity index (χ1) is 9.67. The van der Waals surface area contributed by atoms with Crippen molar-refractivity contribution in [2.45, 2.75) is 26.4 Å². The van der Waals surface area contributed by atoms with Crippen LogP contribution in [0.5, 0.6) is 11.5 Å². The van der Waals surface area contributed by atoms with Gasteiger partial charge in [-0.05, 0) is 26.0 Å². The third-order valence-corrected chi connectivity index (χ3v) is 3.24. The predicted octanol–water partition coefficient (Wildman–Crippen LogP) is 3.09. The first-order valence-corrected chi connectivity index (χ1v) is 6.68. The van der Waals surface area contributed by atoms with Crippen LogP contribution >= 0.6 is 0 Å². The van der Waals surface area contributed by atoms with Crippen molar-refractivity contribution in [2.24, 2.45) is 0 Å². The average Bonchev–Trinajstić information content (AvgIpc) is 2.96. The van der Waals surface area contributed by atoms with Crippen LogP contribution in [0.15, 0.2) is 30.6 Å². The fourth-order valence-electron chi connectivity index (χ4n) is 2.04. The summed E-state index contributed by atoms with van der Waals surface area (Å²) in [6.07, 6.45) is 3.94. The van der Waals surface area contributed by atoms with Crippen LogP contribution in [-0.4, -0.2) is 24.0 Å². The third kappa shape index (κ3) is 3.04. The molecule has 2 aromatic rings. The first-order valence-electron chi connectivity index (χ1n) is 6.68. The molecule has 1 unspecified atom stereocenters. The fraction of sp³-hybridized carbons (Fsp3) is 0.400. The van der Waals surface area contributed by atoms with Crippen LogP contribution in [0.3, 0.4) is 0 Å². The Bertz CT molecular complexity index is 566. The summed E-state index contributed by atoms with van der Waals surface area (Å²) in [6, 6.07) is 5.97. The van der Waals surface area contributed by atoms with Crippen molar-refractivity contribution in [3.8, 4) is 11.5 Å². The summed E-state index contributed by atoms with van der Waals surface area (Å²) < 4.78 is 12.5. The highest BCUT2D eigenvalue weighted by Crippen LogP contribution is 2.31. The monoisotopic (exact) mass is 275 g/mol. The molecule has 20 heavy (non-hydrogen) atoms. The van der Waals surface area contributed by atoms with E-state index in [0.717, 1.165) is 23.5 Å². The molecule has 0 radical (unpaired) electrons. The van der Waals surface area contributed by atoms with Gasteiger partial charge in [0.25, 0.3) is 0 Å². The lowest BCUT2D eigenvalue weighted by atomic mass is 10.1. The van der Waals surface area contributed by atoms with Crippen molar-refractivity contribution in [1.29, 1.82) is 0 Å². The van der Waals surface area contributed by atoms with Gasteiger partial charge in [-0.15, -0.1) is 0 Å². The molecule has 1 heterocycles. The Morgan fingerprint density at radius 3 is 2.60 bits per heavy atom. The molecule has 1 N–H and O–H groups in total. The zero-order chi connectivity index (χ0) is 14.5. The van der Waals surface area contributed by atoms with Crippen LogP contribution in [0.25, 0.3) is 0 Å². The molecule has 1 aromatic heterocycles. The largest absolute Gasteiger partial charge is 0.493 e. The highest BCUT2D eigenvalue weighted by Gasteiger charge is 2.10. The summed E-state index contributed by atoms with van der Waals surface area (Å²) in [4.78, 5) is 0. The number of methoxy groups -OCH3 is 2. The normalized spacial score (nSPS) is 12.0. The molecule has 0 aliphatic rings. The number of aromatic nitrogens is 2. The SMILES string of the molecule is CCn1cc(C(C)Nc2ccc(OC)c(OC)c2)cn1. The minimum Gasteiger partial charge on any atom is -0.493 e. The Morgan fingerprint density at radius 1 is 1.25 bits per heavy atom. The topological polar surface area (TPSA) is 48.3 Å². The van der Waals surface area contributed by atoms with Gasteiger partial charge in [0.2, 0.25) is 0 Å². The van der Waals surface area contributed by atoms with Gasteiger partial charge in [-0.25, -0.2) is 0 Å². The zero-order valence-corrected chi connectivity index (χ0v) is 12.4. The second-order valence-corrected chi connectivity index (χ2v) is 4.57. The van der Waals surface area contributed by atoms with Gasteiger partial charge in [0.15, 0.2) is 11.5 Å². The zero-order valence-electron chi connectivity index (χ0n) is 12.4. The maximum atomic E-state index is 5.30. The van der Waals surface area contributed by atoms with E-state index in [0.29, 0.717) is 5.75 Å². The molecule has 0 aliphatic carbocycles. The van der Waals surface area contributed by atoms with E-state index in [2.05, 4.69) is 30.5 Å². The Labute approximate surface area is 119 Å². The maximum absolute atomic E-state index is 5.30. The molecule has 0 fully saturated rings. The average molecular weight is 275 g/mol. The number of rotatable bonds is 6. The fourth-order valence-corrected chi connectivity index (χ4v) is 2.04. The van der Waals surface area contributed by atoms with E-state index in [9.17, 15) is 0 Å². The van der Waals surface area contributed by atoms with E-state index >= 15 is 0 Å². The van der Waals surface area contributed by atoms with Crippen molar-refractivity contribution >= 4 is 5.69 Å². The van der Waals surface area contributed by atoms with Gasteiger partial charge in [-0.2, -0.15) is 5.10 Å². The molecule has 0 amide bonds. The van der Waals surface area contributed by atoms with Gasteiger partial charge < -0.3 is 14.8 Å². The van der Waals surface area contributed by atoms with Crippen molar-refractivity contribution < 1.29 is 9.47 Å². The highest BCUT2D eigenvalue weighted by atomic mass is 16.5. The summed E-state index contributed by atoms with van der Waals surface area (Å²) in [6.45, 7) is 5.06. The smallest absolute Gasteiger partial charge is 0.162 e. The molecule has 1 aromatic carbocycles. The lowest BCUT2D eigenvalue weighted by molar-refractivity contribution is 0.355. The number of hydrogen-bond acceptors (Lipinski definition) is 4. The van der Waals surface area contributed by atoms with E-state index in [-0.39, 0.29) is 6.04 Å². The van der Waals surface area contributed by atoms with E-state index in [1.165, 1.54) is 0 Å². The Morgan fingerprint density at radius 2 is 2.00 bits per heavy atom. The number of aryl methyl sites for hydroxylation is 1. The summed E-state index contributed by atoms with van der Waals surface area (Å²) >= 11 is 0. The van der Waals surface area contributed by atoms with Crippen LogP contribution < -0.4 is 14.8 Å². The number of nitrogens with zero attached hydrogens (tertiary/aromatic N) is 2. The Kier molecular flexibility index (Phi) is 4.50. The number of benzene rings is 1. The van der Waals surface area contributed by atoms with Gasteiger partial charge in [0, 0.05) is 30.1 Å². The molecule has 0 saturated carbocycles. The Balaban J connectivity index is 2.12. The van der Waals surface area contributed by atoms with Crippen LogP contribution in [0.4, 0.5) is 5.69 Å². The molecule has 2 rings (SSSR count). The first kappa shape index (κ1) is 14.2. The molecule has 0 spiro atoms. The third-order valence-electron chi connectivity index (χ3n) is 3.24. The van der Waals surface area contributed by atoms with E-state index in [1.54, 1.807) is 14.2 Å². The second kappa shape index (κ2) is 6.32. The van der Waals surface area contributed by atoms with E-state index in [4.69, 9.17) is 9.47 Å². The molecular weight excluding hydrogens is 254 g/mol. The number of anilines is 1. The molecular formula is C15H21N3O2. The highest BCUT2D eigenvalue weighted by molar-refractivity contribution is 5.55. The number of ether oxygens (including phenoxy) is 2. The van der Waals surface area contributed by atoms with Crippen LogP contribution in [0, 0.1) is 0 Å². The standard InChI is InChI=1S/C15H21N3O2/c1-5-18-10-12(9-16-18)11(2)17-13-6-7-14(19-3)15(8-13)20-4/h6-11,17H,5H2,1-4H3. The van der Waals surface area contributed by atoms with E-state index in [1.807, 2.05) is 29.1 Å². The molecule has 5 heteroatoms. The maximum Gasteiger partial charge on any atom is 0.162 e. The molecule has 1 atom stereocenters. The molecule has 5 nitrogen and oxygen atoms in total. The van der Waals surface area contributed by atoms with Crippen molar-refractivity contribution in [3.63, 3.8) is 0 Å². The van der Waals surface area contributed by atoms with Crippen molar-refractivity contribution in [3.05, 3.63) is 36.2 Å². The van der Waals surface area contributed by atoms with Crippen LogP contribution in [0.2, 0.25) is 0 Å². The molecule has 0 bridgehead atoms. The van der Waals surface area contributed by atoms with Crippen LogP contribution in [0.1, 0.15) is 25.5 Å². The quantitative estimate of drug-likeness (QED) is 0.880. The summed E-state index contributed by atoms with van der Waals surface area (Å²) in [7, 11) is 3.27. The van der Waals surface area contributed by atoms with Gasteiger partial charge in [0.1, 0.15) is 0 Å². The van der Waals surface area contributed by atoms with Gasteiger partial charge in [0.05, 0.1) is 26.5 Å². The summed E-state index contributed by atoms with van der Waals surface area (Å²) in [5.74, 6) is 1.44. The van der Waals surface area contributed by atoms with Gasteiger partial charge in [-0.3, -0.25) is 4.68 Å². The summed E-state index contributed by atoms with van der Waals surface area (Å²) in [5, 5.41) is 7.72. The molecule has 0 aliphatic heterocycles. The van der Waals surface area contributed by atoms with Crippen LogP contribution in [-0.2, 0) is 6.54 Å². The summed E-state index contributed by atoms with van der Waals surface area (Å²) in [5.41, 5.74) is 2.14. The second-order valence-electron chi connectivity index (χ2n) is 4.57. The van der Waals surface area contributed by atoms with E-state index < -0.39 is 0 Å². The predicted molar refractivity (Wildman–Crippen MR) is 79.5 cm³/mol. The number of hydrogen-bond donors (Lipinski definition) is 1.